The van der Waals surface area contributed by atoms with Crippen molar-refractivity contribution in [1.29, 1.82) is 0 Å². The molecule has 8 atom stereocenters. The number of aromatic carboxylic acids is 1. The van der Waals surface area contributed by atoms with Crippen LogP contribution in [0.1, 0.15) is 118 Å². The molecule has 0 spiro atoms. The van der Waals surface area contributed by atoms with Crippen molar-refractivity contribution in [2.45, 2.75) is 160 Å². The van der Waals surface area contributed by atoms with Crippen LogP contribution < -0.4 is 35.6 Å². The van der Waals surface area contributed by atoms with Crippen molar-refractivity contribution in [3.8, 4) is 33.9 Å². The Morgan fingerprint density at radius 1 is 0.796 bits per heavy atom. The first-order valence-electron chi connectivity index (χ1n) is 35.8. The molecule has 4 aliphatic carbocycles. The lowest BCUT2D eigenvalue weighted by Gasteiger charge is -2.69. The highest BCUT2D eigenvalue weighted by atomic mass is 32.2. The number of aliphatic carboxylic acids is 1. The maximum Gasteiger partial charge on any atom is 0.407 e. The molecule has 4 bridgehead atoms. The van der Waals surface area contributed by atoms with E-state index in [9.17, 15) is 76.9 Å². The number of thiazole rings is 1. The summed E-state index contributed by atoms with van der Waals surface area (Å²) in [6.07, 6.45) is 2.13. The number of imide groups is 1. The number of fused-ring (bicyclic) bond motifs is 2. The summed E-state index contributed by atoms with van der Waals surface area (Å²) < 4.78 is 71.4. The molecule has 3 aromatic heterocycles. The number of carbonyl (C=O) groups is 8. The minimum absolute atomic E-state index is 0.0314. The van der Waals surface area contributed by atoms with E-state index in [1.807, 2.05) is 54.1 Å². The standard InChI is InChI=1S/C74H88N10O22S2/c1-43-49(48-19-20-50(79-59(48)65(92)93)45-16-15-44-11-9-26-82(53(44)31-45)69(96)81-68-80-51-12-6-7-13-55(51)107-68)33-77-84(43)42-73-37-71(2)36-72(3,38-73)40-74(39-71,41-73)104-27-10-23-76-70(97)103-34-46-17-18-47(105-67-62(90)60(88)61(89)63(106-67)66(94)95)32-54(46)102-30-29-101-28-24-75-64(91)52(35-108(98,99)100)78-56(85)14-5-4-8-25-83-57(86)21-22-58(83)87/h6-7,12-13,15-22,31-33,52,60-63,67,88-90H,4-5,8-11,14,23-30,34-42H2,1-3H3,(H,75,91)(H,76,97)(H,78,85)(H,92,93)(H,94,95)(H,80,81,96)(H,98,99,100)/t52-,60-,61-,62+,63-,67+,71?,72?,73?,74?/m0/s1. The number of aromatic nitrogens is 4. The van der Waals surface area contributed by atoms with Gasteiger partial charge in [0.2, 0.25) is 18.1 Å². The quantitative estimate of drug-likeness (QED) is 0.0123. The number of carboxylic acids is 2. The van der Waals surface area contributed by atoms with Crippen molar-refractivity contribution in [3.05, 3.63) is 114 Å². The fraction of sp³-hybridized carbons (Fsp3) is 0.500. The number of para-hydroxylation sites is 1. The molecule has 13 rings (SSSR count). The molecule has 108 heavy (non-hydrogen) atoms. The van der Waals surface area contributed by atoms with E-state index in [0.29, 0.717) is 72.0 Å². The molecule has 578 valence electrons. The van der Waals surface area contributed by atoms with Crippen LogP contribution in [0.2, 0.25) is 0 Å². The number of carbonyl (C=O) groups excluding carboxylic acids is 6. The van der Waals surface area contributed by atoms with Gasteiger partial charge in [0, 0.05) is 97.6 Å². The van der Waals surface area contributed by atoms with E-state index in [1.165, 1.54) is 29.5 Å². The van der Waals surface area contributed by atoms with Gasteiger partial charge < -0.3 is 69.9 Å². The topological polar surface area (TPSA) is 446 Å². The molecule has 6 aromatic rings. The first-order chi connectivity index (χ1) is 51.5. The fourth-order valence-corrected chi connectivity index (χ4v) is 18.5. The molecule has 7 aliphatic rings. The SMILES string of the molecule is Cc1c(-c2ccc(-c3ccc4c(c3)N(C(=O)Nc3nc5ccccc5s3)CCC4)nc2C(=O)O)cnn1CC12CC3(C)CC(C)(C1)CC(OCCCNC(=O)OCc1ccc(O[C@@H]4O[C@H](C(=O)O)[C@@H](O)[C@H](O)[C@H]4O)cc1OCCOCCNC(=O)[C@H](CS(=O)(=O)O)NC(=O)CCCCCN1C(=O)C=CC1=O)(C3)C2. The average Bonchev–Trinajstić information content (AvgIpc) is 0.701. The van der Waals surface area contributed by atoms with Crippen LogP contribution in [0, 0.1) is 23.2 Å². The number of nitrogens with zero attached hydrogens (tertiary/aromatic N) is 6. The first-order valence-corrected chi connectivity index (χ1v) is 38.3. The molecular formula is C74H88N10O22S2. The van der Waals surface area contributed by atoms with Gasteiger partial charge >= 0.3 is 24.1 Å². The molecule has 10 N–H and O–H groups in total. The minimum Gasteiger partial charge on any atom is -0.491 e. The van der Waals surface area contributed by atoms with E-state index in [0.717, 1.165) is 95.6 Å². The average molecular weight is 1530 g/mol. The van der Waals surface area contributed by atoms with Gasteiger partial charge in [0.25, 0.3) is 21.9 Å². The molecule has 5 fully saturated rings. The summed E-state index contributed by atoms with van der Waals surface area (Å²) in [4.78, 5) is 114. The van der Waals surface area contributed by atoms with Gasteiger partial charge in [-0.25, -0.2) is 29.1 Å². The Morgan fingerprint density at radius 2 is 1.56 bits per heavy atom. The Labute approximate surface area is 625 Å². The van der Waals surface area contributed by atoms with Gasteiger partial charge in [0.05, 0.1) is 40.9 Å². The molecule has 4 saturated carbocycles. The number of anilines is 2. The number of hydrogen-bond donors (Lipinski definition) is 10. The van der Waals surface area contributed by atoms with Gasteiger partial charge in [-0.05, 0) is 142 Å². The van der Waals surface area contributed by atoms with Gasteiger partial charge in [0.1, 0.15) is 54.8 Å². The lowest BCUT2D eigenvalue weighted by atomic mass is 9.39. The van der Waals surface area contributed by atoms with E-state index in [1.54, 1.807) is 23.2 Å². The Balaban J connectivity index is 0.630. The lowest BCUT2D eigenvalue weighted by Crippen LogP contribution is -2.64. The van der Waals surface area contributed by atoms with Gasteiger partial charge in [0.15, 0.2) is 16.9 Å². The van der Waals surface area contributed by atoms with Crippen LogP contribution in [0.15, 0.2) is 91.1 Å². The van der Waals surface area contributed by atoms with Crippen molar-refractivity contribution < 1.29 is 105 Å². The number of carboxylic acid groups (broad SMARTS) is 2. The van der Waals surface area contributed by atoms with Crippen LogP contribution >= 0.6 is 11.3 Å². The van der Waals surface area contributed by atoms with E-state index in [-0.39, 0.29) is 98.4 Å². The summed E-state index contributed by atoms with van der Waals surface area (Å²) in [5, 5.41) is 67.6. The normalized spacial score (nSPS) is 24.5. The van der Waals surface area contributed by atoms with Crippen LogP contribution in [0.4, 0.5) is 20.4 Å². The summed E-state index contributed by atoms with van der Waals surface area (Å²) in [6.45, 7) is 7.38. The zero-order chi connectivity index (χ0) is 76.9. The van der Waals surface area contributed by atoms with Crippen molar-refractivity contribution in [1.82, 2.24) is 40.6 Å². The second-order valence-corrected chi connectivity index (χ2v) is 32.0. The largest absolute Gasteiger partial charge is 0.491 e. The molecule has 7 amide bonds. The smallest absolute Gasteiger partial charge is 0.407 e. The number of rotatable bonds is 33. The zero-order valence-electron chi connectivity index (χ0n) is 59.8. The van der Waals surface area contributed by atoms with E-state index < -0.39 is 99.9 Å². The number of aliphatic hydroxyl groups is 3. The second kappa shape index (κ2) is 32.7. The maximum atomic E-state index is 13.8. The second-order valence-electron chi connectivity index (χ2n) is 29.5. The van der Waals surface area contributed by atoms with E-state index in [4.69, 9.17) is 38.5 Å². The van der Waals surface area contributed by atoms with Gasteiger partial charge in [-0.1, -0.05) is 55.9 Å². The number of unbranched alkanes of at least 4 members (excludes halogenated alkanes) is 2. The minimum atomic E-state index is -4.74. The number of ether oxygens (including phenoxy) is 6. The highest BCUT2D eigenvalue weighted by Gasteiger charge is 2.66. The fourth-order valence-electron chi connectivity index (χ4n) is 17.0. The monoisotopic (exact) mass is 1530 g/mol. The molecule has 2 unspecified atom stereocenters. The number of urea groups is 1. The number of aryl methyl sites for hydroxylation is 1. The van der Waals surface area contributed by atoms with Crippen LogP contribution in [-0.2, 0) is 72.6 Å². The molecule has 6 heterocycles. The Bertz CT molecular complexity index is 4500. The van der Waals surface area contributed by atoms with Crippen LogP contribution in [0.5, 0.6) is 11.5 Å². The Kier molecular flexibility index (Phi) is 23.7. The van der Waals surface area contributed by atoms with Crippen LogP contribution in [0.25, 0.3) is 32.6 Å². The predicted octanol–water partition coefficient (Wildman–Crippen LogP) is 6.31. The predicted molar refractivity (Wildman–Crippen MR) is 388 cm³/mol. The van der Waals surface area contributed by atoms with E-state index in [2.05, 4.69) is 40.1 Å². The molecule has 34 heteroatoms. The van der Waals surface area contributed by atoms with Crippen molar-refractivity contribution in [2.75, 3.05) is 68.6 Å². The highest BCUT2D eigenvalue weighted by molar-refractivity contribution is 7.85. The summed E-state index contributed by atoms with van der Waals surface area (Å²) in [5.74, 6) is -6.44. The lowest BCUT2D eigenvalue weighted by molar-refractivity contribution is -0.271. The van der Waals surface area contributed by atoms with Crippen molar-refractivity contribution in [3.63, 3.8) is 0 Å². The number of alkyl carbamates (subject to hydrolysis) is 1. The van der Waals surface area contributed by atoms with Crippen LogP contribution in [0.3, 0.4) is 0 Å². The molecule has 3 aliphatic heterocycles. The van der Waals surface area contributed by atoms with Crippen molar-refractivity contribution >= 4 is 90.2 Å². The van der Waals surface area contributed by atoms with Gasteiger partial charge in [-0.15, -0.1) is 0 Å². The molecule has 32 nitrogen and oxygen atoms in total. The Morgan fingerprint density at radius 3 is 2.31 bits per heavy atom. The van der Waals surface area contributed by atoms with Crippen molar-refractivity contribution in [2.24, 2.45) is 16.2 Å². The molecule has 0 radical (unpaired) electrons. The number of pyridine rings is 1. The number of aliphatic hydroxyl groups excluding tert-OH is 3. The number of amides is 7. The highest BCUT2D eigenvalue weighted by Crippen LogP contribution is 2.72. The van der Waals surface area contributed by atoms with Gasteiger partial charge in [-0.2, -0.15) is 13.5 Å². The summed E-state index contributed by atoms with van der Waals surface area (Å²) in [5.41, 5.74) is 4.96. The molecule has 1 saturated heterocycles. The summed E-state index contributed by atoms with van der Waals surface area (Å²) >= 11 is 1.40. The third kappa shape index (κ3) is 18.4. The number of benzene rings is 3. The third-order valence-electron chi connectivity index (χ3n) is 20.6. The molecule has 3 aromatic carbocycles. The van der Waals surface area contributed by atoms with E-state index >= 15 is 0 Å². The van der Waals surface area contributed by atoms with Crippen LogP contribution in [-0.4, -0.2) is 212 Å². The summed E-state index contributed by atoms with van der Waals surface area (Å²) in [7, 11) is -4.74. The third-order valence-corrected chi connectivity index (χ3v) is 22.3. The number of nitrogens with one attached hydrogen (secondary N) is 4. The summed E-state index contributed by atoms with van der Waals surface area (Å²) in [6, 6.07) is 19.2. The Hall–Kier alpha value is -9.52. The first kappa shape index (κ1) is 78.1. The zero-order valence-corrected chi connectivity index (χ0v) is 61.4. The molecular weight excluding hydrogens is 1440 g/mol. The van der Waals surface area contributed by atoms with Gasteiger partial charge in [-0.3, -0.25) is 43.5 Å². The maximum absolute atomic E-state index is 13.8. The number of hydrogen-bond acceptors (Lipinski definition) is 23.